The van der Waals surface area contributed by atoms with Gasteiger partial charge in [-0.3, -0.25) is 19.2 Å². The Morgan fingerprint density at radius 3 is 2.25 bits per heavy atom. The number of halogens is 2. The van der Waals surface area contributed by atoms with E-state index in [2.05, 4.69) is 15.3 Å². The zero-order chi connectivity index (χ0) is 41.0. The minimum atomic E-state index is -1.30. The summed E-state index contributed by atoms with van der Waals surface area (Å²) < 4.78 is 27.6. The van der Waals surface area contributed by atoms with E-state index in [0.717, 1.165) is 22.7 Å². The minimum Gasteiger partial charge on any atom is -0.460 e. The Morgan fingerprint density at radius 1 is 1.02 bits per heavy atom. The average molecular weight is 849 g/mol. The maximum absolute atomic E-state index is 13.6. The van der Waals surface area contributed by atoms with Gasteiger partial charge in [-0.05, 0) is 57.8 Å². The van der Waals surface area contributed by atoms with Crippen molar-refractivity contribution in [2.75, 3.05) is 6.61 Å². The van der Waals surface area contributed by atoms with E-state index < -0.39 is 83.6 Å². The van der Waals surface area contributed by atoms with Crippen LogP contribution >= 0.6 is 45.9 Å². The van der Waals surface area contributed by atoms with E-state index in [4.69, 9.17) is 46.9 Å². The van der Waals surface area contributed by atoms with Gasteiger partial charge in [0.1, 0.15) is 33.2 Å². The van der Waals surface area contributed by atoms with Gasteiger partial charge in [-0.1, -0.05) is 34.6 Å². The van der Waals surface area contributed by atoms with Crippen molar-refractivity contribution in [3.63, 3.8) is 0 Å². The number of nitrogens with one attached hydrogen (secondary N) is 1. The van der Waals surface area contributed by atoms with E-state index in [1.165, 1.54) is 17.7 Å². The summed E-state index contributed by atoms with van der Waals surface area (Å²) in [5, 5.41) is 6.20. The predicted octanol–water partition coefficient (Wildman–Crippen LogP) is 7.47. The molecule has 0 aliphatic carbocycles. The third-order valence-electron chi connectivity index (χ3n) is 8.44. The second kappa shape index (κ2) is 21.3. The highest BCUT2D eigenvalue weighted by molar-refractivity contribution is 7.10. The van der Waals surface area contributed by atoms with E-state index >= 15 is 0 Å². The maximum Gasteiger partial charge on any atom is 0.358 e. The number of alkyl halides is 2. The molecule has 1 aliphatic rings. The van der Waals surface area contributed by atoms with Crippen molar-refractivity contribution in [2.45, 2.75) is 135 Å². The van der Waals surface area contributed by atoms with Gasteiger partial charge < -0.3 is 29.0 Å². The number of fused-ring (bicyclic) bond motifs is 4. The molecule has 0 saturated carbocycles. The predicted molar refractivity (Wildman–Crippen MR) is 206 cm³/mol. The SMILES string of the molecule is CCCC(=O)NC(CC(C)C)C(CC(=O)OC1COC(=O)c2csc(n2)C(C(C)C)OC(=O)C(C)C(CCCC(C)(Cl)Cl)OC(=O)c2csc1n2)OC(C)=O. The highest BCUT2D eigenvalue weighted by Crippen LogP contribution is 2.33. The molecule has 4 bridgehead atoms. The van der Waals surface area contributed by atoms with Crippen LogP contribution in [0.1, 0.15) is 144 Å². The second-order valence-corrected chi connectivity index (χ2v) is 18.1. The number of hydrogen-bond acceptors (Lipinski definition) is 15. The quantitative estimate of drug-likeness (QED) is 0.106. The summed E-state index contributed by atoms with van der Waals surface area (Å²) in [6.07, 6.45) is -2.37. The fraction of sp³-hybridized carbons (Fsp3) is 0.676. The Balaban J connectivity index is 1.98. The molecule has 306 valence electrons. The van der Waals surface area contributed by atoms with Crippen LogP contribution in [0.15, 0.2) is 10.8 Å². The molecular weight excluding hydrogens is 797 g/mol. The summed E-state index contributed by atoms with van der Waals surface area (Å²) >= 11 is 14.4. The molecule has 3 rings (SSSR count). The molecule has 0 spiro atoms. The van der Waals surface area contributed by atoms with Crippen LogP contribution in [0.2, 0.25) is 0 Å². The van der Waals surface area contributed by atoms with Crippen molar-refractivity contribution in [1.29, 1.82) is 0 Å². The zero-order valence-electron chi connectivity index (χ0n) is 32.4. The van der Waals surface area contributed by atoms with Gasteiger partial charge in [-0.2, -0.15) is 0 Å². The van der Waals surface area contributed by atoms with Crippen molar-refractivity contribution >= 4 is 81.6 Å². The summed E-state index contributed by atoms with van der Waals surface area (Å²) in [6, 6.07) is -0.696. The van der Waals surface area contributed by atoms with Crippen LogP contribution in [-0.2, 0) is 42.9 Å². The highest BCUT2D eigenvalue weighted by Gasteiger charge is 2.36. The number of rotatable bonds is 15. The smallest absolute Gasteiger partial charge is 0.358 e. The standard InChI is InChI=1S/C37H51Cl2N3O11S2/c1-9-11-29(44)40-23(14-19(2)3)27(50-22(7)43)15-30(45)51-28-16-49-35(47)24-17-55-33(42-24)31(20(4)5)53-34(46)21(6)26(12-10-13-37(8,38)39)52-36(48)25-18-54-32(28)41-25/h17-21,23,26-28,31H,9-16H2,1-8H3,(H,40,44). The third kappa shape index (κ3) is 14.9. The van der Waals surface area contributed by atoms with Gasteiger partial charge in [0.25, 0.3) is 0 Å². The molecule has 6 unspecified atom stereocenters. The molecule has 14 nitrogen and oxygen atoms in total. The molecule has 2 aromatic heterocycles. The molecule has 0 aromatic carbocycles. The van der Waals surface area contributed by atoms with Gasteiger partial charge >= 0.3 is 29.8 Å². The first-order valence-electron chi connectivity index (χ1n) is 18.3. The summed E-state index contributed by atoms with van der Waals surface area (Å²) in [7, 11) is 0. The lowest BCUT2D eigenvalue weighted by Gasteiger charge is -2.29. The van der Waals surface area contributed by atoms with Crippen LogP contribution in [0.4, 0.5) is 0 Å². The number of ether oxygens (including phenoxy) is 5. The minimum absolute atomic E-state index is 0.0557. The Morgan fingerprint density at radius 2 is 1.65 bits per heavy atom. The van der Waals surface area contributed by atoms with Gasteiger partial charge in [0.2, 0.25) is 5.91 Å². The van der Waals surface area contributed by atoms with Crippen molar-refractivity contribution in [3.05, 3.63) is 32.2 Å². The van der Waals surface area contributed by atoms with Crippen LogP contribution in [0.3, 0.4) is 0 Å². The van der Waals surface area contributed by atoms with Crippen molar-refractivity contribution in [1.82, 2.24) is 15.3 Å². The molecule has 0 radical (unpaired) electrons. The average Bonchev–Trinajstić information content (AvgIpc) is 3.77. The molecule has 3 heterocycles. The summed E-state index contributed by atoms with van der Waals surface area (Å²) in [5.41, 5.74) is -0.196. The van der Waals surface area contributed by atoms with Gasteiger partial charge in [0, 0.05) is 24.1 Å². The number of aromatic nitrogens is 2. The van der Waals surface area contributed by atoms with Gasteiger partial charge in [0.05, 0.1) is 18.4 Å². The first-order valence-corrected chi connectivity index (χ1v) is 20.8. The molecule has 0 fully saturated rings. The number of carbonyl (C=O) groups is 6. The number of cyclic esters (lactones) is 3. The Kier molecular flexibility index (Phi) is 17.8. The van der Waals surface area contributed by atoms with Gasteiger partial charge in [0.15, 0.2) is 23.6 Å². The number of amides is 1. The first-order chi connectivity index (χ1) is 25.8. The second-order valence-electron chi connectivity index (χ2n) is 14.4. The van der Waals surface area contributed by atoms with Crippen LogP contribution in [0, 0.1) is 17.8 Å². The van der Waals surface area contributed by atoms with Crippen LogP contribution in [0.5, 0.6) is 0 Å². The number of nitrogens with zero attached hydrogens (tertiary/aromatic N) is 2. The Labute approximate surface area is 339 Å². The number of esters is 5. The van der Waals surface area contributed by atoms with E-state index in [0.29, 0.717) is 30.7 Å². The fourth-order valence-corrected chi connectivity index (χ4v) is 7.72. The van der Waals surface area contributed by atoms with Crippen molar-refractivity contribution in [2.24, 2.45) is 17.8 Å². The maximum atomic E-state index is 13.6. The third-order valence-corrected chi connectivity index (χ3v) is 10.7. The Hall–Kier alpha value is -3.34. The summed E-state index contributed by atoms with van der Waals surface area (Å²) in [6.45, 7) is 13.3. The number of hydrogen-bond donors (Lipinski definition) is 1. The molecule has 0 saturated heterocycles. The Bertz CT molecular complexity index is 1640. The van der Waals surface area contributed by atoms with E-state index in [1.54, 1.807) is 13.8 Å². The van der Waals surface area contributed by atoms with E-state index in [-0.39, 0.29) is 47.0 Å². The lowest BCUT2D eigenvalue weighted by atomic mass is 9.96. The molecule has 1 N–H and O–H groups in total. The van der Waals surface area contributed by atoms with Gasteiger partial charge in [-0.15, -0.1) is 45.9 Å². The normalized spacial score (nSPS) is 20.8. The first kappa shape index (κ1) is 46.0. The molecular formula is C37H51Cl2N3O11S2. The molecule has 1 aliphatic heterocycles. The largest absolute Gasteiger partial charge is 0.460 e. The van der Waals surface area contributed by atoms with Crippen molar-refractivity contribution < 1.29 is 52.5 Å². The highest BCUT2D eigenvalue weighted by atomic mass is 35.5. The summed E-state index contributed by atoms with van der Waals surface area (Å²) in [5.74, 6) is -5.19. The monoisotopic (exact) mass is 847 g/mol. The lowest BCUT2D eigenvalue weighted by Crippen LogP contribution is -2.47. The molecule has 55 heavy (non-hydrogen) atoms. The fourth-order valence-electron chi connectivity index (χ4n) is 5.67. The zero-order valence-corrected chi connectivity index (χ0v) is 35.5. The molecule has 18 heteroatoms. The van der Waals surface area contributed by atoms with Crippen molar-refractivity contribution in [3.8, 4) is 0 Å². The van der Waals surface area contributed by atoms with E-state index in [1.807, 2.05) is 34.6 Å². The lowest BCUT2D eigenvalue weighted by molar-refractivity contribution is -0.161. The molecule has 6 atom stereocenters. The molecule has 2 aromatic rings. The molecule has 1 amide bonds. The van der Waals surface area contributed by atoms with E-state index in [9.17, 15) is 28.8 Å². The topological polar surface area (TPSA) is 186 Å². The number of carbonyl (C=O) groups excluding carboxylic acids is 6. The van der Waals surface area contributed by atoms with Gasteiger partial charge in [-0.25, -0.2) is 19.6 Å². The van der Waals surface area contributed by atoms with Crippen LogP contribution in [-0.4, -0.2) is 74.9 Å². The number of thiazole rings is 2. The van der Waals surface area contributed by atoms with Crippen LogP contribution in [0.25, 0.3) is 0 Å². The van der Waals surface area contributed by atoms with Crippen LogP contribution < -0.4 is 5.32 Å². The summed E-state index contributed by atoms with van der Waals surface area (Å²) in [4.78, 5) is 87.4.